The number of carbonyl (C=O) groups is 1. The predicted octanol–water partition coefficient (Wildman–Crippen LogP) is 2.67. The maximum atomic E-state index is 12.5. The van der Waals surface area contributed by atoms with Gasteiger partial charge in [0, 0.05) is 0 Å². The summed E-state index contributed by atoms with van der Waals surface area (Å²) in [6, 6.07) is 15.2. The number of hydrogen-bond acceptors (Lipinski definition) is 3. The van der Waals surface area contributed by atoms with Crippen molar-refractivity contribution < 1.29 is 9.00 Å². The number of nitrogens with one attached hydrogen (secondary N) is 1. The Hall–Kier alpha value is -2.14. The van der Waals surface area contributed by atoms with E-state index in [2.05, 4.69) is 0 Å². The van der Waals surface area contributed by atoms with Crippen LogP contribution in [0.1, 0.15) is 10.4 Å². The summed E-state index contributed by atoms with van der Waals surface area (Å²) >= 11 is 0. The minimum Gasteiger partial charge on any atom is -0.268 e. The Kier molecular flexibility index (Phi) is 2.24. The van der Waals surface area contributed by atoms with Crippen LogP contribution in [0.25, 0.3) is 0 Å². The molecule has 0 aromatic heterocycles. The van der Waals surface area contributed by atoms with Crippen molar-refractivity contribution in [2.24, 2.45) is 0 Å². The third kappa shape index (κ3) is 1.37. The summed E-state index contributed by atoms with van der Waals surface area (Å²) in [5.74, 6) is -0.378. The average molecular weight is 258 g/mol. The molecule has 1 heterocycles. The minimum absolute atomic E-state index is 0.291. The zero-order valence-corrected chi connectivity index (χ0v) is 10.2. The molecule has 1 amide bonds. The minimum atomic E-state index is -3.26. The van der Waals surface area contributed by atoms with Crippen LogP contribution in [0.3, 0.4) is 0 Å². The van der Waals surface area contributed by atoms with Gasteiger partial charge < -0.3 is 0 Å². The number of anilines is 1. The van der Waals surface area contributed by atoms with E-state index in [4.69, 9.17) is 4.78 Å². The fourth-order valence-corrected chi connectivity index (χ4v) is 3.70. The summed E-state index contributed by atoms with van der Waals surface area (Å²) in [6.07, 6.45) is 0. The largest absolute Gasteiger partial charge is 0.272 e. The number of para-hydroxylation sites is 1. The van der Waals surface area contributed by atoms with Crippen molar-refractivity contribution in [1.82, 2.24) is 0 Å². The molecule has 1 N–H and O–H groups in total. The Balaban J connectivity index is 2.25. The highest BCUT2D eigenvalue weighted by molar-refractivity contribution is 7.95. The zero-order valence-electron chi connectivity index (χ0n) is 9.37. The Bertz CT molecular complexity index is 724. The number of rotatable bonds is 1. The summed E-state index contributed by atoms with van der Waals surface area (Å²) < 4.78 is 21.6. The van der Waals surface area contributed by atoms with Crippen molar-refractivity contribution >= 4 is 21.5 Å². The first-order valence-corrected chi connectivity index (χ1v) is 6.91. The molecule has 0 spiro atoms. The quantitative estimate of drug-likeness (QED) is 0.854. The molecule has 0 aliphatic carbocycles. The van der Waals surface area contributed by atoms with Gasteiger partial charge in [-0.1, -0.05) is 30.3 Å². The molecule has 2 aromatic carbocycles. The highest BCUT2D eigenvalue weighted by Crippen LogP contribution is 2.34. The van der Waals surface area contributed by atoms with E-state index >= 15 is 0 Å². The topological polar surface area (TPSA) is 61.2 Å². The average Bonchev–Trinajstić information content (AvgIpc) is 2.59. The zero-order chi connectivity index (χ0) is 12.8. The van der Waals surface area contributed by atoms with Gasteiger partial charge in [0.1, 0.15) is 0 Å². The summed E-state index contributed by atoms with van der Waals surface area (Å²) in [6.45, 7) is 0. The molecule has 0 bridgehead atoms. The molecule has 0 fully saturated rings. The fourth-order valence-electron chi connectivity index (χ4n) is 2.04. The summed E-state index contributed by atoms with van der Waals surface area (Å²) in [4.78, 5) is 12.5. The van der Waals surface area contributed by atoms with E-state index in [-0.39, 0.29) is 5.91 Å². The maximum Gasteiger partial charge on any atom is 0.272 e. The van der Waals surface area contributed by atoms with E-state index in [0.717, 1.165) is 4.31 Å². The van der Waals surface area contributed by atoms with E-state index in [1.807, 2.05) is 6.07 Å². The van der Waals surface area contributed by atoms with Crippen LogP contribution in [0.2, 0.25) is 0 Å². The lowest BCUT2D eigenvalue weighted by atomic mass is 10.2. The molecular formula is C13H10N2O2S. The number of nitrogens with zero attached hydrogens (tertiary/aromatic N) is 1. The van der Waals surface area contributed by atoms with Crippen molar-refractivity contribution in [2.45, 2.75) is 4.90 Å². The molecule has 5 heteroatoms. The van der Waals surface area contributed by atoms with Crippen molar-refractivity contribution in [1.29, 1.82) is 4.78 Å². The van der Waals surface area contributed by atoms with Crippen LogP contribution >= 0.6 is 0 Å². The molecule has 1 aliphatic heterocycles. The number of carbonyl (C=O) groups excluding carboxylic acids is 1. The van der Waals surface area contributed by atoms with E-state index in [9.17, 15) is 9.00 Å². The molecule has 1 unspecified atom stereocenters. The lowest BCUT2D eigenvalue weighted by Crippen LogP contribution is -2.28. The predicted molar refractivity (Wildman–Crippen MR) is 68.8 cm³/mol. The van der Waals surface area contributed by atoms with E-state index in [0.29, 0.717) is 16.1 Å². The Morgan fingerprint density at radius 3 is 2.22 bits per heavy atom. The van der Waals surface area contributed by atoms with Gasteiger partial charge in [0.2, 0.25) is 0 Å². The van der Waals surface area contributed by atoms with Gasteiger partial charge in [-0.15, -0.1) is 0 Å². The molecule has 18 heavy (non-hydrogen) atoms. The fraction of sp³-hybridized carbons (Fsp3) is 0. The van der Waals surface area contributed by atoms with Crippen molar-refractivity contribution in [3.8, 4) is 0 Å². The first-order chi connectivity index (χ1) is 8.62. The van der Waals surface area contributed by atoms with Crippen LogP contribution in [0.15, 0.2) is 59.5 Å². The number of amides is 1. The van der Waals surface area contributed by atoms with Crippen LogP contribution < -0.4 is 4.31 Å². The smallest absolute Gasteiger partial charge is 0.268 e. The van der Waals surface area contributed by atoms with Crippen LogP contribution in [-0.2, 0) is 9.92 Å². The highest BCUT2D eigenvalue weighted by Gasteiger charge is 2.38. The van der Waals surface area contributed by atoms with Gasteiger partial charge in [0.15, 0.2) is 9.92 Å². The number of hydrogen-bond donors (Lipinski definition) is 1. The molecule has 4 nitrogen and oxygen atoms in total. The van der Waals surface area contributed by atoms with Crippen molar-refractivity contribution in [3.05, 3.63) is 60.2 Å². The normalized spacial score (nSPS) is 22.0. The van der Waals surface area contributed by atoms with Crippen LogP contribution in [0, 0.1) is 4.78 Å². The first kappa shape index (κ1) is 11.0. The van der Waals surface area contributed by atoms with Gasteiger partial charge in [-0.05, 0) is 24.3 Å². The molecule has 1 aliphatic rings. The molecule has 0 saturated heterocycles. The van der Waals surface area contributed by atoms with Gasteiger partial charge in [-0.25, -0.2) is 13.3 Å². The van der Waals surface area contributed by atoms with Crippen molar-refractivity contribution in [2.75, 3.05) is 4.31 Å². The molecule has 3 rings (SSSR count). The van der Waals surface area contributed by atoms with Crippen LogP contribution in [0.5, 0.6) is 0 Å². The second kappa shape index (κ2) is 3.68. The standard InChI is InChI=1S/C13H10N2O2S/c14-18(17)12-9-5-4-8-11(12)13(16)15(18)10-6-2-1-3-7-10/h1-9,14H. The highest BCUT2D eigenvalue weighted by atomic mass is 32.2. The van der Waals surface area contributed by atoms with E-state index < -0.39 is 9.92 Å². The van der Waals surface area contributed by atoms with Crippen LogP contribution in [-0.4, -0.2) is 10.1 Å². The summed E-state index contributed by atoms with van der Waals surface area (Å²) in [7, 11) is -3.26. The van der Waals surface area contributed by atoms with Gasteiger partial charge in [-0.3, -0.25) is 4.79 Å². The van der Waals surface area contributed by atoms with Gasteiger partial charge in [0.05, 0.1) is 16.1 Å². The van der Waals surface area contributed by atoms with Gasteiger partial charge in [0.25, 0.3) is 5.91 Å². The summed E-state index contributed by atoms with van der Waals surface area (Å²) in [5.41, 5.74) is 0.833. The molecular weight excluding hydrogens is 248 g/mol. The second-order valence-electron chi connectivity index (χ2n) is 3.96. The van der Waals surface area contributed by atoms with Gasteiger partial charge in [-0.2, -0.15) is 0 Å². The molecule has 90 valence electrons. The molecule has 2 aromatic rings. The Morgan fingerprint density at radius 1 is 0.944 bits per heavy atom. The van der Waals surface area contributed by atoms with E-state index in [1.54, 1.807) is 48.5 Å². The first-order valence-electron chi connectivity index (χ1n) is 5.40. The van der Waals surface area contributed by atoms with Crippen molar-refractivity contribution in [3.63, 3.8) is 0 Å². The molecule has 0 radical (unpaired) electrons. The third-order valence-corrected chi connectivity index (χ3v) is 4.69. The summed E-state index contributed by atoms with van der Waals surface area (Å²) in [5, 5.41) is 0. The van der Waals surface area contributed by atoms with E-state index in [1.165, 1.54) is 0 Å². The molecule has 1 atom stereocenters. The second-order valence-corrected chi connectivity index (χ2v) is 5.81. The molecule has 0 saturated carbocycles. The van der Waals surface area contributed by atoms with Crippen LogP contribution in [0.4, 0.5) is 5.69 Å². The SMILES string of the molecule is N=S1(=O)c2ccccc2C(=O)N1c1ccccc1. The Labute approximate surface area is 105 Å². The maximum absolute atomic E-state index is 12.5. The number of fused-ring (bicyclic) bond motifs is 1. The van der Waals surface area contributed by atoms with Gasteiger partial charge >= 0.3 is 0 Å². The Morgan fingerprint density at radius 2 is 1.56 bits per heavy atom. The lowest BCUT2D eigenvalue weighted by molar-refractivity contribution is 0.101. The number of benzene rings is 2. The lowest BCUT2D eigenvalue weighted by Gasteiger charge is -2.17. The monoisotopic (exact) mass is 258 g/mol. The third-order valence-electron chi connectivity index (χ3n) is 2.85.